The van der Waals surface area contributed by atoms with Gasteiger partial charge in [0.2, 0.25) is 0 Å². The van der Waals surface area contributed by atoms with E-state index in [0.717, 1.165) is 12.2 Å². The molecule has 16 heavy (non-hydrogen) atoms. The summed E-state index contributed by atoms with van der Waals surface area (Å²) in [6.07, 6.45) is 2.46. The molecule has 1 fully saturated rings. The van der Waals surface area contributed by atoms with Crippen molar-refractivity contribution in [2.45, 2.75) is 18.6 Å². The number of aryl methyl sites for hydroxylation is 1. The van der Waals surface area contributed by atoms with Crippen molar-refractivity contribution < 1.29 is 9.47 Å². The van der Waals surface area contributed by atoms with Crippen LogP contribution in [0.2, 0.25) is 0 Å². The van der Waals surface area contributed by atoms with Crippen LogP contribution in [0.4, 0.5) is 0 Å². The van der Waals surface area contributed by atoms with Crippen molar-refractivity contribution in [2.75, 3.05) is 26.9 Å². The van der Waals surface area contributed by atoms with Gasteiger partial charge in [0.25, 0.3) is 0 Å². The Bertz CT molecular complexity index is 322. The van der Waals surface area contributed by atoms with Crippen molar-refractivity contribution in [3.63, 3.8) is 0 Å². The first-order chi connectivity index (χ1) is 7.81. The second-order valence-electron chi connectivity index (χ2n) is 3.88. The molecule has 2 rings (SSSR count). The minimum Gasteiger partial charge on any atom is -0.376 e. The molecule has 1 aromatic heterocycles. The van der Waals surface area contributed by atoms with E-state index in [1.165, 1.54) is 0 Å². The number of hydrogen-bond acceptors (Lipinski definition) is 5. The molecule has 1 saturated heterocycles. The van der Waals surface area contributed by atoms with Gasteiger partial charge in [-0.25, -0.2) is 4.98 Å². The summed E-state index contributed by atoms with van der Waals surface area (Å²) >= 11 is 0. The van der Waals surface area contributed by atoms with Gasteiger partial charge in [0.1, 0.15) is 12.2 Å². The molecule has 1 aromatic rings. The average Bonchev–Trinajstić information content (AvgIpc) is 2.73. The number of rotatable bonds is 4. The van der Waals surface area contributed by atoms with E-state index >= 15 is 0 Å². The number of aromatic nitrogens is 3. The number of ether oxygens (including phenoxy) is 2. The molecule has 0 spiro atoms. The normalized spacial score (nSPS) is 23.2. The molecule has 1 aliphatic heterocycles. The summed E-state index contributed by atoms with van der Waals surface area (Å²) in [6, 6.07) is 0.211. The highest BCUT2D eigenvalue weighted by Gasteiger charge is 2.25. The SMILES string of the molecule is CNC(Cc1ncnn1C)C1COCCO1. The second kappa shape index (κ2) is 5.38. The van der Waals surface area contributed by atoms with Gasteiger partial charge in [-0.1, -0.05) is 0 Å². The first kappa shape index (κ1) is 11.5. The fraction of sp³-hybridized carbons (Fsp3) is 0.800. The largest absolute Gasteiger partial charge is 0.376 e. The van der Waals surface area contributed by atoms with Gasteiger partial charge in [-0.3, -0.25) is 4.68 Å². The Morgan fingerprint density at radius 2 is 2.50 bits per heavy atom. The van der Waals surface area contributed by atoms with E-state index in [9.17, 15) is 0 Å². The number of nitrogens with one attached hydrogen (secondary N) is 1. The molecule has 1 N–H and O–H groups in total. The molecule has 6 nitrogen and oxygen atoms in total. The minimum absolute atomic E-state index is 0.0930. The third kappa shape index (κ3) is 2.58. The maximum Gasteiger partial charge on any atom is 0.138 e. The molecule has 0 amide bonds. The third-order valence-corrected chi connectivity index (χ3v) is 2.87. The molecular formula is C10H18N4O2. The Hall–Kier alpha value is -0.980. The highest BCUT2D eigenvalue weighted by Crippen LogP contribution is 2.09. The summed E-state index contributed by atoms with van der Waals surface area (Å²) < 4.78 is 12.9. The van der Waals surface area contributed by atoms with Gasteiger partial charge in [0.05, 0.1) is 25.9 Å². The lowest BCUT2D eigenvalue weighted by Crippen LogP contribution is -2.46. The summed E-state index contributed by atoms with van der Waals surface area (Å²) in [7, 11) is 3.83. The molecule has 0 bridgehead atoms. The zero-order valence-electron chi connectivity index (χ0n) is 9.72. The first-order valence-corrected chi connectivity index (χ1v) is 5.50. The molecular weight excluding hydrogens is 208 g/mol. The van der Waals surface area contributed by atoms with Crippen molar-refractivity contribution in [1.82, 2.24) is 20.1 Å². The van der Waals surface area contributed by atoms with Crippen LogP contribution in [0.3, 0.4) is 0 Å². The van der Waals surface area contributed by atoms with Gasteiger partial charge in [-0.05, 0) is 7.05 Å². The Balaban J connectivity index is 1.97. The van der Waals surface area contributed by atoms with Crippen LogP contribution >= 0.6 is 0 Å². The number of hydrogen-bond donors (Lipinski definition) is 1. The zero-order valence-corrected chi connectivity index (χ0v) is 9.72. The molecule has 1 aliphatic rings. The molecule has 6 heteroatoms. The molecule has 0 aromatic carbocycles. The van der Waals surface area contributed by atoms with Crippen molar-refractivity contribution in [1.29, 1.82) is 0 Å². The van der Waals surface area contributed by atoms with Crippen LogP contribution in [0.15, 0.2) is 6.33 Å². The van der Waals surface area contributed by atoms with Gasteiger partial charge in [0, 0.05) is 19.5 Å². The fourth-order valence-corrected chi connectivity index (χ4v) is 1.86. The monoisotopic (exact) mass is 226 g/mol. The van der Waals surface area contributed by atoms with E-state index in [2.05, 4.69) is 15.4 Å². The van der Waals surface area contributed by atoms with E-state index in [-0.39, 0.29) is 12.1 Å². The van der Waals surface area contributed by atoms with Crippen molar-refractivity contribution in [3.8, 4) is 0 Å². The zero-order chi connectivity index (χ0) is 11.4. The van der Waals surface area contributed by atoms with Gasteiger partial charge >= 0.3 is 0 Å². The van der Waals surface area contributed by atoms with Crippen LogP contribution < -0.4 is 5.32 Å². The quantitative estimate of drug-likeness (QED) is 0.740. The van der Waals surface area contributed by atoms with E-state index < -0.39 is 0 Å². The van der Waals surface area contributed by atoms with Crippen LogP contribution in [0.25, 0.3) is 0 Å². The van der Waals surface area contributed by atoms with E-state index in [4.69, 9.17) is 9.47 Å². The lowest BCUT2D eigenvalue weighted by Gasteiger charge is -2.29. The van der Waals surface area contributed by atoms with E-state index in [1.807, 2.05) is 14.1 Å². The maximum absolute atomic E-state index is 5.67. The van der Waals surface area contributed by atoms with Crippen LogP contribution in [0.1, 0.15) is 5.82 Å². The van der Waals surface area contributed by atoms with Gasteiger partial charge in [-0.2, -0.15) is 5.10 Å². The maximum atomic E-state index is 5.67. The van der Waals surface area contributed by atoms with Crippen molar-refractivity contribution in [2.24, 2.45) is 7.05 Å². The Kier molecular flexibility index (Phi) is 3.87. The average molecular weight is 226 g/mol. The van der Waals surface area contributed by atoms with Crippen LogP contribution in [0.5, 0.6) is 0 Å². The van der Waals surface area contributed by atoms with Crippen LogP contribution in [-0.4, -0.2) is 53.8 Å². The Morgan fingerprint density at radius 1 is 1.62 bits per heavy atom. The van der Waals surface area contributed by atoms with E-state index in [0.29, 0.717) is 19.8 Å². The summed E-state index contributed by atoms with van der Waals surface area (Å²) in [4.78, 5) is 4.21. The highest BCUT2D eigenvalue weighted by molar-refractivity contribution is 4.92. The molecule has 90 valence electrons. The Morgan fingerprint density at radius 3 is 3.06 bits per heavy atom. The van der Waals surface area contributed by atoms with Gasteiger partial charge < -0.3 is 14.8 Å². The second-order valence-corrected chi connectivity index (χ2v) is 3.88. The smallest absolute Gasteiger partial charge is 0.138 e. The van der Waals surface area contributed by atoms with Crippen LogP contribution in [0, 0.1) is 0 Å². The summed E-state index contributed by atoms with van der Waals surface area (Å²) in [6.45, 7) is 2.00. The van der Waals surface area contributed by atoms with Crippen LogP contribution in [-0.2, 0) is 22.9 Å². The summed E-state index contributed by atoms with van der Waals surface area (Å²) in [5.41, 5.74) is 0. The predicted molar refractivity (Wildman–Crippen MR) is 58.1 cm³/mol. The molecule has 0 saturated carbocycles. The molecule has 2 atom stereocenters. The highest BCUT2D eigenvalue weighted by atomic mass is 16.6. The van der Waals surface area contributed by atoms with E-state index in [1.54, 1.807) is 11.0 Å². The lowest BCUT2D eigenvalue weighted by molar-refractivity contribution is -0.101. The number of likely N-dealkylation sites (N-methyl/N-ethyl adjacent to an activating group) is 1. The summed E-state index contributed by atoms with van der Waals surface area (Å²) in [5.74, 6) is 0.952. The van der Waals surface area contributed by atoms with Gasteiger partial charge in [-0.15, -0.1) is 0 Å². The molecule has 2 unspecified atom stereocenters. The number of nitrogens with zero attached hydrogens (tertiary/aromatic N) is 3. The molecule has 0 aliphatic carbocycles. The predicted octanol–water partition coefficient (Wildman–Crippen LogP) is -0.639. The lowest BCUT2D eigenvalue weighted by atomic mass is 10.1. The minimum atomic E-state index is 0.0930. The molecule has 0 radical (unpaired) electrons. The van der Waals surface area contributed by atoms with Crippen molar-refractivity contribution >= 4 is 0 Å². The topological polar surface area (TPSA) is 61.2 Å². The third-order valence-electron chi connectivity index (χ3n) is 2.87. The van der Waals surface area contributed by atoms with Crippen molar-refractivity contribution in [3.05, 3.63) is 12.2 Å². The standard InChI is InChI=1S/C10H18N4O2/c1-11-8(9-6-15-3-4-16-9)5-10-12-7-13-14(10)2/h7-9,11H,3-6H2,1-2H3. The first-order valence-electron chi connectivity index (χ1n) is 5.50. The van der Waals surface area contributed by atoms with Gasteiger partial charge in [0.15, 0.2) is 0 Å². The molecule has 2 heterocycles. The Labute approximate surface area is 94.9 Å². The fourth-order valence-electron chi connectivity index (χ4n) is 1.86. The summed E-state index contributed by atoms with van der Waals surface area (Å²) in [5, 5.41) is 7.31.